The van der Waals surface area contributed by atoms with E-state index in [1.165, 1.54) is 17.8 Å². The Balaban J connectivity index is 1.46. The van der Waals surface area contributed by atoms with Gasteiger partial charge in [-0.25, -0.2) is 0 Å². The molecule has 1 aliphatic rings. The summed E-state index contributed by atoms with van der Waals surface area (Å²) in [5.74, 6) is -0.920. The van der Waals surface area contributed by atoms with Crippen LogP contribution >= 0.6 is 23.4 Å². The molecule has 2 aromatic carbocycles. The number of carbonyl (C=O) groups is 3. The summed E-state index contributed by atoms with van der Waals surface area (Å²) < 4.78 is 5.34. The average Bonchev–Trinajstić information content (AvgIpc) is 3.27. The molecule has 1 unspecified atom stereocenters. The highest BCUT2D eigenvalue weighted by Crippen LogP contribution is 2.20. The fraction of sp³-hybridized carbons (Fsp3) is 0.250. The number of amides is 3. The van der Waals surface area contributed by atoms with Crippen molar-refractivity contribution in [2.75, 3.05) is 17.7 Å². The highest BCUT2D eigenvalue weighted by molar-refractivity contribution is 8.00. The minimum Gasteiger partial charge on any atom is -0.368 e. The normalized spacial score (nSPS) is 15.6. The Labute approximate surface area is 177 Å². The van der Waals surface area contributed by atoms with Crippen molar-refractivity contribution in [3.05, 3.63) is 59.1 Å². The van der Waals surface area contributed by atoms with Gasteiger partial charge in [0.25, 0.3) is 11.8 Å². The molecule has 0 aromatic heterocycles. The number of rotatable bonds is 6. The molecule has 0 bridgehead atoms. The van der Waals surface area contributed by atoms with Gasteiger partial charge in [0.05, 0.1) is 5.75 Å². The fourth-order valence-electron chi connectivity index (χ4n) is 2.66. The van der Waals surface area contributed by atoms with Gasteiger partial charge in [0.2, 0.25) is 5.91 Å². The van der Waals surface area contributed by atoms with E-state index in [1.807, 2.05) is 12.1 Å². The summed E-state index contributed by atoms with van der Waals surface area (Å²) in [7, 11) is 0. The van der Waals surface area contributed by atoms with E-state index in [2.05, 4.69) is 16.2 Å². The van der Waals surface area contributed by atoms with E-state index in [0.29, 0.717) is 29.3 Å². The van der Waals surface area contributed by atoms with Crippen LogP contribution in [0.1, 0.15) is 23.2 Å². The van der Waals surface area contributed by atoms with Crippen molar-refractivity contribution in [3.63, 3.8) is 0 Å². The standard InChI is InChI=1S/C20H20ClN3O4S/c21-14-6-8-16(9-7-14)29-12-18(25)23-24-19(26)13-3-1-4-15(11-13)22-20(27)17-5-2-10-28-17/h1,3-4,6-9,11,17H,2,5,10,12H2,(H,22,27)(H,23,25)(H,24,26). The largest absolute Gasteiger partial charge is 0.368 e. The van der Waals surface area contributed by atoms with Gasteiger partial charge in [0.15, 0.2) is 0 Å². The first kappa shape index (κ1) is 21.2. The molecule has 1 fully saturated rings. The number of thioether (sulfide) groups is 1. The molecule has 3 N–H and O–H groups in total. The summed E-state index contributed by atoms with van der Waals surface area (Å²) in [5, 5.41) is 3.37. The molecule has 0 radical (unpaired) electrons. The zero-order valence-corrected chi connectivity index (χ0v) is 17.0. The number of hydrazine groups is 1. The van der Waals surface area contributed by atoms with Crippen molar-refractivity contribution in [3.8, 4) is 0 Å². The van der Waals surface area contributed by atoms with Gasteiger partial charge >= 0.3 is 0 Å². The Hall–Kier alpha value is -2.55. The number of anilines is 1. The Morgan fingerprint density at radius 2 is 1.90 bits per heavy atom. The van der Waals surface area contributed by atoms with Crippen LogP contribution in [-0.4, -0.2) is 36.2 Å². The van der Waals surface area contributed by atoms with Crippen LogP contribution in [0.25, 0.3) is 0 Å². The first-order valence-corrected chi connectivity index (χ1v) is 10.4. The number of hydrogen-bond donors (Lipinski definition) is 3. The molecule has 0 aliphatic carbocycles. The summed E-state index contributed by atoms with van der Waals surface area (Å²) in [6.07, 6.45) is 1.09. The predicted molar refractivity (Wildman–Crippen MR) is 112 cm³/mol. The second-order valence-electron chi connectivity index (χ2n) is 6.32. The van der Waals surface area contributed by atoms with Crippen LogP contribution in [0, 0.1) is 0 Å². The van der Waals surface area contributed by atoms with E-state index in [-0.39, 0.29) is 17.6 Å². The second-order valence-corrected chi connectivity index (χ2v) is 7.80. The van der Waals surface area contributed by atoms with Gasteiger partial charge in [-0.1, -0.05) is 17.7 Å². The number of ether oxygens (including phenoxy) is 1. The van der Waals surface area contributed by atoms with Gasteiger partial charge in [0, 0.05) is 27.8 Å². The Bertz CT molecular complexity index is 886. The van der Waals surface area contributed by atoms with Crippen molar-refractivity contribution >= 4 is 46.8 Å². The third kappa shape index (κ3) is 6.49. The lowest BCUT2D eigenvalue weighted by Crippen LogP contribution is -2.42. The first-order chi connectivity index (χ1) is 14.0. The van der Waals surface area contributed by atoms with E-state index in [0.717, 1.165) is 11.3 Å². The molecule has 1 saturated heterocycles. The van der Waals surface area contributed by atoms with E-state index in [4.69, 9.17) is 16.3 Å². The van der Waals surface area contributed by atoms with Crippen LogP contribution < -0.4 is 16.2 Å². The highest BCUT2D eigenvalue weighted by atomic mass is 35.5. The molecule has 0 saturated carbocycles. The maximum absolute atomic E-state index is 12.3. The maximum Gasteiger partial charge on any atom is 0.269 e. The third-order valence-corrected chi connectivity index (χ3v) is 5.38. The summed E-state index contributed by atoms with van der Waals surface area (Å²) in [6.45, 7) is 0.580. The summed E-state index contributed by atoms with van der Waals surface area (Å²) in [4.78, 5) is 37.2. The van der Waals surface area contributed by atoms with Gasteiger partial charge in [0.1, 0.15) is 6.10 Å². The van der Waals surface area contributed by atoms with Crippen LogP contribution in [0.3, 0.4) is 0 Å². The minimum absolute atomic E-state index is 0.138. The van der Waals surface area contributed by atoms with E-state index < -0.39 is 12.0 Å². The fourth-order valence-corrected chi connectivity index (χ4v) is 3.48. The minimum atomic E-state index is -0.483. The molecule has 1 atom stereocenters. The Morgan fingerprint density at radius 1 is 1.10 bits per heavy atom. The zero-order chi connectivity index (χ0) is 20.6. The number of nitrogens with one attached hydrogen (secondary N) is 3. The monoisotopic (exact) mass is 433 g/mol. The maximum atomic E-state index is 12.3. The van der Waals surface area contributed by atoms with Gasteiger partial charge in [-0.2, -0.15) is 0 Å². The van der Waals surface area contributed by atoms with E-state index in [1.54, 1.807) is 30.3 Å². The van der Waals surface area contributed by atoms with Crippen LogP contribution in [0.2, 0.25) is 5.02 Å². The van der Waals surface area contributed by atoms with Crippen molar-refractivity contribution in [1.29, 1.82) is 0 Å². The van der Waals surface area contributed by atoms with E-state index in [9.17, 15) is 14.4 Å². The lowest BCUT2D eigenvalue weighted by Gasteiger charge is -2.12. The Morgan fingerprint density at radius 3 is 2.62 bits per heavy atom. The molecule has 7 nitrogen and oxygen atoms in total. The quantitative estimate of drug-likeness (QED) is 0.480. The van der Waals surface area contributed by atoms with Crippen LogP contribution in [-0.2, 0) is 14.3 Å². The smallest absolute Gasteiger partial charge is 0.269 e. The average molecular weight is 434 g/mol. The number of halogens is 1. The lowest BCUT2D eigenvalue weighted by molar-refractivity contribution is -0.124. The van der Waals surface area contributed by atoms with Crippen molar-refractivity contribution in [2.45, 2.75) is 23.8 Å². The summed E-state index contributed by atoms with van der Waals surface area (Å²) >= 11 is 7.15. The summed E-state index contributed by atoms with van der Waals surface area (Å²) in [5.41, 5.74) is 5.54. The predicted octanol–water partition coefficient (Wildman–Crippen LogP) is 3.01. The molecule has 3 amide bonds. The third-order valence-electron chi connectivity index (χ3n) is 4.11. The van der Waals surface area contributed by atoms with Crippen molar-refractivity contribution in [2.24, 2.45) is 0 Å². The molecular formula is C20H20ClN3O4S. The van der Waals surface area contributed by atoms with E-state index >= 15 is 0 Å². The van der Waals surface area contributed by atoms with Crippen molar-refractivity contribution in [1.82, 2.24) is 10.9 Å². The summed E-state index contributed by atoms with van der Waals surface area (Å²) in [6, 6.07) is 13.6. The molecule has 152 valence electrons. The molecule has 1 heterocycles. The van der Waals surface area contributed by atoms with Crippen LogP contribution in [0.4, 0.5) is 5.69 Å². The van der Waals surface area contributed by atoms with Crippen molar-refractivity contribution < 1.29 is 19.1 Å². The molecule has 29 heavy (non-hydrogen) atoms. The van der Waals surface area contributed by atoms with Gasteiger partial charge < -0.3 is 10.1 Å². The van der Waals surface area contributed by atoms with Crippen LogP contribution in [0.15, 0.2) is 53.4 Å². The van der Waals surface area contributed by atoms with Gasteiger partial charge in [-0.05, 0) is 55.3 Å². The first-order valence-electron chi connectivity index (χ1n) is 9.01. The zero-order valence-electron chi connectivity index (χ0n) is 15.4. The van der Waals surface area contributed by atoms with Crippen LogP contribution in [0.5, 0.6) is 0 Å². The number of carbonyl (C=O) groups excluding carboxylic acids is 3. The van der Waals surface area contributed by atoms with Gasteiger partial charge in [-0.15, -0.1) is 11.8 Å². The number of hydrogen-bond acceptors (Lipinski definition) is 5. The molecule has 0 spiro atoms. The topological polar surface area (TPSA) is 96.5 Å². The molecular weight excluding hydrogens is 414 g/mol. The molecule has 2 aromatic rings. The molecule has 1 aliphatic heterocycles. The van der Waals surface area contributed by atoms with Gasteiger partial charge in [-0.3, -0.25) is 25.2 Å². The Kier molecular flexibility index (Phi) is 7.51. The number of benzene rings is 2. The molecule has 9 heteroatoms. The second kappa shape index (κ2) is 10.3. The lowest BCUT2D eigenvalue weighted by atomic mass is 10.1. The molecule has 3 rings (SSSR count). The highest BCUT2D eigenvalue weighted by Gasteiger charge is 2.23. The SMILES string of the molecule is O=C(CSc1ccc(Cl)cc1)NNC(=O)c1cccc(NC(=O)C2CCCO2)c1.